The molecule has 1 saturated heterocycles. The van der Waals surface area contributed by atoms with Gasteiger partial charge in [-0.25, -0.2) is 0 Å². The minimum Gasteiger partial charge on any atom is -0.347 e. The molecular weight excluding hydrogens is 192 g/mol. The van der Waals surface area contributed by atoms with Gasteiger partial charge in [-0.2, -0.15) is 0 Å². The first-order valence-electron chi connectivity index (χ1n) is 5.64. The average Bonchev–Trinajstić information content (AvgIpc) is 2.30. The maximum atomic E-state index is 11.7. The Hall–Kier alpha value is -1.06. The summed E-state index contributed by atoms with van der Waals surface area (Å²) in [6.45, 7) is 3.81. The summed E-state index contributed by atoms with van der Waals surface area (Å²) in [7, 11) is 0. The van der Waals surface area contributed by atoms with E-state index < -0.39 is 0 Å². The molecule has 1 aliphatic heterocycles. The molecule has 0 unspecified atom stereocenters. The fourth-order valence-electron chi connectivity index (χ4n) is 2.30. The van der Waals surface area contributed by atoms with Crippen molar-refractivity contribution in [1.82, 2.24) is 10.2 Å². The van der Waals surface area contributed by atoms with E-state index in [1.165, 1.54) is 19.3 Å². The van der Waals surface area contributed by atoms with Gasteiger partial charge >= 0.3 is 0 Å². The summed E-state index contributed by atoms with van der Waals surface area (Å²) in [6, 6.07) is 0. The Morgan fingerprint density at radius 2 is 2.13 bits per heavy atom. The number of rotatable bonds is 2. The highest BCUT2D eigenvalue weighted by molar-refractivity contribution is 5.87. The maximum Gasteiger partial charge on any atom is 0.241 e. The van der Waals surface area contributed by atoms with E-state index in [-0.39, 0.29) is 18.4 Å². The molecule has 0 aromatic heterocycles. The highest BCUT2D eigenvalue weighted by Crippen LogP contribution is 2.40. The Labute approximate surface area is 90.0 Å². The smallest absolute Gasteiger partial charge is 0.241 e. The molecule has 1 saturated carbocycles. The topological polar surface area (TPSA) is 49.4 Å². The van der Waals surface area contributed by atoms with Crippen LogP contribution in [0.15, 0.2) is 0 Å². The molecule has 2 amide bonds. The number of hydrogen-bond acceptors (Lipinski definition) is 2. The van der Waals surface area contributed by atoms with E-state index in [2.05, 4.69) is 12.2 Å². The van der Waals surface area contributed by atoms with Crippen molar-refractivity contribution < 1.29 is 9.59 Å². The van der Waals surface area contributed by atoms with E-state index in [9.17, 15) is 9.59 Å². The van der Waals surface area contributed by atoms with E-state index in [0.29, 0.717) is 18.4 Å². The quantitative estimate of drug-likeness (QED) is 0.722. The molecule has 0 spiro atoms. The summed E-state index contributed by atoms with van der Waals surface area (Å²) in [6.07, 6.45) is 4.13. The molecule has 1 N–H and O–H groups in total. The van der Waals surface area contributed by atoms with Crippen LogP contribution >= 0.6 is 0 Å². The Morgan fingerprint density at radius 3 is 2.73 bits per heavy atom. The number of hydrogen-bond donors (Lipinski definition) is 1. The van der Waals surface area contributed by atoms with E-state index in [1.807, 2.05) is 4.90 Å². The van der Waals surface area contributed by atoms with Gasteiger partial charge in [0.2, 0.25) is 11.8 Å². The first-order chi connectivity index (χ1) is 7.09. The second-order valence-electron chi connectivity index (χ2n) is 5.01. The minimum absolute atomic E-state index is 0.00962. The lowest BCUT2D eigenvalue weighted by molar-refractivity contribution is -0.132. The lowest BCUT2D eigenvalue weighted by Gasteiger charge is -2.41. The summed E-state index contributed by atoms with van der Waals surface area (Å²) in [5.74, 6) is 0.0542. The van der Waals surface area contributed by atoms with E-state index >= 15 is 0 Å². The van der Waals surface area contributed by atoms with Gasteiger partial charge in [0.05, 0.1) is 6.54 Å². The molecule has 0 bridgehead atoms. The zero-order valence-corrected chi connectivity index (χ0v) is 9.21. The van der Waals surface area contributed by atoms with Crippen LogP contribution in [0, 0.1) is 5.41 Å². The van der Waals surface area contributed by atoms with Crippen molar-refractivity contribution in [2.75, 3.05) is 19.6 Å². The van der Waals surface area contributed by atoms with Crippen LogP contribution in [-0.4, -0.2) is 36.3 Å². The monoisotopic (exact) mass is 210 g/mol. The molecule has 0 aromatic carbocycles. The molecule has 0 radical (unpaired) electrons. The number of carbonyl (C=O) groups is 2. The number of amides is 2. The predicted molar refractivity (Wildman–Crippen MR) is 56.2 cm³/mol. The van der Waals surface area contributed by atoms with Crippen molar-refractivity contribution in [1.29, 1.82) is 0 Å². The summed E-state index contributed by atoms with van der Waals surface area (Å²) in [4.78, 5) is 24.7. The van der Waals surface area contributed by atoms with Gasteiger partial charge in [-0.15, -0.1) is 0 Å². The van der Waals surface area contributed by atoms with Crippen molar-refractivity contribution in [3.8, 4) is 0 Å². The van der Waals surface area contributed by atoms with Crippen molar-refractivity contribution in [2.24, 2.45) is 5.41 Å². The van der Waals surface area contributed by atoms with Crippen molar-refractivity contribution in [2.45, 2.75) is 32.6 Å². The van der Waals surface area contributed by atoms with Crippen LogP contribution in [0.3, 0.4) is 0 Å². The molecule has 4 heteroatoms. The first-order valence-corrected chi connectivity index (χ1v) is 5.64. The Balaban J connectivity index is 1.94. The fourth-order valence-corrected chi connectivity index (χ4v) is 2.30. The van der Waals surface area contributed by atoms with Gasteiger partial charge in [-0.1, -0.05) is 13.3 Å². The second kappa shape index (κ2) is 3.83. The van der Waals surface area contributed by atoms with Crippen LogP contribution in [0.5, 0.6) is 0 Å². The van der Waals surface area contributed by atoms with Crippen molar-refractivity contribution >= 4 is 11.8 Å². The molecule has 2 aliphatic rings. The van der Waals surface area contributed by atoms with Gasteiger partial charge in [0.25, 0.3) is 0 Å². The normalized spacial score (nSPS) is 25.5. The largest absolute Gasteiger partial charge is 0.347 e. The van der Waals surface area contributed by atoms with E-state index in [4.69, 9.17) is 0 Å². The van der Waals surface area contributed by atoms with Crippen LogP contribution in [0.2, 0.25) is 0 Å². The molecule has 15 heavy (non-hydrogen) atoms. The third kappa shape index (κ3) is 2.30. The third-order valence-electron chi connectivity index (χ3n) is 3.53. The van der Waals surface area contributed by atoms with Gasteiger partial charge < -0.3 is 10.2 Å². The number of nitrogens with one attached hydrogen (secondary N) is 1. The van der Waals surface area contributed by atoms with Crippen molar-refractivity contribution in [3.05, 3.63) is 0 Å². The Kier molecular flexibility index (Phi) is 2.67. The van der Waals surface area contributed by atoms with Gasteiger partial charge in [0.15, 0.2) is 0 Å². The van der Waals surface area contributed by atoms with Gasteiger partial charge in [0, 0.05) is 19.5 Å². The maximum absolute atomic E-state index is 11.7. The Morgan fingerprint density at radius 1 is 1.40 bits per heavy atom. The molecule has 1 heterocycles. The van der Waals surface area contributed by atoms with Crippen LogP contribution < -0.4 is 5.32 Å². The van der Waals surface area contributed by atoms with Crippen LogP contribution in [0.4, 0.5) is 0 Å². The zero-order chi connectivity index (χ0) is 10.9. The minimum atomic E-state index is -0.00962. The summed E-state index contributed by atoms with van der Waals surface area (Å²) < 4.78 is 0. The van der Waals surface area contributed by atoms with Crippen LogP contribution in [0.1, 0.15) is 32.6 Å². The molecular formula is C11H18N2O2. The average molecular weight is 210 g/mol. The highest BCUT2D eigenvalue weighted by atomic mass is 16.2. The van der Waals surface area contributed by atoms with E-state index in [0.717, 1.165) is 6.54 Å². The Bertz CT molecular complexity index is 284. The lowest BCUT2D eigenvalue weighted by atomic mass is 9.70. The summed E-state index contributed by atoms with van der Waals surface area (Å²) in [5, 5.41) is 2.62. The molecule has 84 valence electrons. The second-order valence-corrected chi connectivity index (χ2v) is 5.01. The van der Waals surface area contributed by atoms with Gasteiger partial charge in [0.1, 0.15) is 0 Å². The zero-order valence-electron chi connectivity index (χ0n) is 9.21. The third-order valence-corrected chi connectivity index (χ3v) is 3.53. The molecule has 1 aliphatic carbocycles. The molecule has 2 rings (SSSR count). The van der Waals surface area contributed by atoms with Gasteiger partial charge in [-0.3, -0.25) is 9.59 Å². The first kappa shape index (κ1) is 10.5. The molecule has 0 aromatic rings. The molecule has 4 nitrogen and oxygen atoms in total. The standard InChI is InChI=1S/C11H18N2O2/c1-11(4-2-5-11)8-13-6-3-9(14)12-7-10(13)15/h2-8H2,1H3,(H,12,14). The highest BCUT2D eigenvalue weighted by Gasteiger charge is 2.35. The van der Waals surface area contributed by atoms with Gasteiger partial charge in [-0.05, 0) is 18.3 Å². The van der Waals surface area contributed by atoms with Crippen LogP contribution in [-0.2, 0) is 9.59 Å². The molecule has 0 atom stereocenters. The summed E-state index contributed by atoms with van der Waals surface area (Å²) >= 11 is 0. The van der Waals surface area contributed by atoms with E-state index in [1.54, 1.807) is 0 Å². The number of nitrogens with zero attached hydrogens (tertiary/aromatic N) is 1. The van der Waals surface area contributed by atoms with Crippen molar-refractivity contribution in [3.63, 3.8) is 0 Å². The predicted octanol–water partition coefficient (Wildman–Crippen LogP) is 0.525. The lowest BCUT2D eigenvalue weighted by Crippen LogP contribution is -2.44. The molecule has 2 fully saturated rings. The summed E-state index contributed by atoms with van der Waals surface area (Å²) in [5.41, 5.74) is 0.309. The SMILES string of the molecule is CC1(CN2CCC(=O)NCC2=O)CCC1. The number of carbonyl (C=O) groups excluding carboxylic acids is 2. The van der Waals surface area contributed by atoms with Crippen LogP contribution in [0.25, 0.3) is 0 Å². The fraction of sp³-hybridized carbons (Fsp3) is 0.818.